The van der Waals surface area contributed by atoms with Gasteiger partial charge in [0.05, 0.1) is 17.8 Å². The molecule has 1 unspecified atom stereocenters. The predicted molar refractivity (Wildman–Crippen MR) is 72.3 cm³/mol. The van der Waals surface area contributed by atoms with Gasteiger partial charge in [0.1, 0.15) is 11.5 Å². The van der Waals surface area contributed by atoms with Gasteiger partial charge in [0, 0.05) is 17.2 Å². The molecule has 1 aromatic carbocycles. The smallest absolute Gasteiger partial charge is 0.135 e. The minimum absolute atomic E-state index is 0.242. The highest BCUT2D eigenvalue weighted by Crippen LogP contribution is 2.39. The van der Waals surface area contributed by atoms with Gasteiger partial charge in [-0.05, 0) is 47.9 Å². The summed E-state index contributed by atoms with van der Waals surface area (Å²) in [5.74, 6) is 1.93. The van der Waals surface area contributed by atoms with Crippen molar-refractivity contribution in [3.8, 4) is 11.5 Å². The molecule has 1 atom stereocenters. The van der Waals surface area contributed by atoms with Crippen molar-refractivity contribution in [3.05, 3.63) is 20.8 Å². The summed E-state index contributed by atoms with van der Waals surface area (Å²) in [6.07, 6.45) is 2.88. The number of hydrogen-bond acceptors (Lipinski definition) is 3. The maximum atomic E-state index is 6.00. The Morgan fingerprint density at radius 1 is 1.31 bits per heavy atom. The summed E-state index contributed by atoms with van der Waals surface area (Å²) >= 11 is 2.28. The third kappa shape index (κ3) is 2.00. The zero-order valence-electron chi connectivity index (χ0n) is 9.55. The summed E-state index contributed by atoms with van der Waals surface area (Å²) in [4.78, 5) is 0. The van der Waals surface area contributed by atoms with E-state index in [1.807, 2.05) is 6.07 Å². The van der Waals surface area contributed by atoms with E-state index in [1.54, 1.807) is 14.2 Å². The van der Waals surface area contributed by atoms with Crippen molar-refractivity contribution < 1.29 is 9.47 Å². The van der Waals surface area contributed by atoms with Crippen molar-refractivity contribution in [2.75, 3.05) is 14.2 Å². The molecule has 1 aliphatic carbocycles. The first-order chi connectivity index (χ1) is 7.67. The van der Waals surface area contributed by atoms with Gasteiger partial charge in [-0.25, -0.2) is 0 Å². The minimum Gasteiger partial charge on any atom is -0.496 e. The Labute approximate surface area is 109 Å². The number of benzene rings is 1. The molecule has 2 N–H and O–H groups in total. The van der Waals surface area contributed by atoms with E-state index in [-0.39, 0.29) is 6.04 Å². The van der Waals surface area contributed by atoms with Crippen LogP contribution in [-0.4, -0.2) is 20.3 Å². The summed E-state index contributed by atoms with van der Waals surface area (Å²) in [6, 6.07) is 2.27. The molecule has 0 saturated heterocycles. The summed E-state index contributed by atoms with van der Waals surface area (Å²) < 4.78 is 12.0. The average Bonchev–Trinajstić information content (AvgIpc) is 2.28. The van der Waals surface area contributed by atoms with Gasteiger partial charge < -0.3 is 15.2 Å². The fraction of sp³-hybridized carbons (Fsp3) is 0.500. The van der Waals surface area contributed by atoms with Crippen LogP contribution in [0.3, 0.4) is 0 Å². The Kier molecular flexibility index (Phi) is 3.59. The van der Waals surface area contributed by atoms with E-state index in [9.17, 15) is 0 Å². The van der Waals surface area contributed by atoms with Crippen LogP contribution in [0.2, 0.25) is 0 Å². The number of hydrogen-bond donors (Lipinski definition) is 1. The Hall–Kier alpha value is -0.490. The van der Waals surface area contributed by atoms with E-state index in [0.717, 1.165) is 34.3 Å². The normalized spacial score (nSPS) is 19.1. The van der Waals surface area contributed by atoms with E-state index in [1.165, 1.54) is 11.1 Å². The lowest BCUT2D eigenvalue weighted by Gasteiger charge is -2.26. The Morgan fingerprint density at radius 2 is 2.06 bits per heavy atom. The van der Waals surface area contributed by atoms with Crippen molar-refractivity contribution in [3.63, 3.8) is 0 Å². The SMILES string of the molecule is COc1cc(I)c(OC)c2c1CC(N)CC2. The van der Waals surface area contributed by atoms with Crippen LogP contribution in [0.15, 0.2) is 6.07 Å². The van der Waals surface area contributed by atoms with E-state index in [4.69, 9.17) is 15.2 Å². The molecule has 0 heterocycles. The summed E-state index contributed by atoms with van der Waals surface area (Å²) in [6.45, 7) is 0. The van der Waals surface area contributed by atoms with Crippen LogP contribution in [0.1, 0.15) is 17.5 Å². The molecule has 0 spiro atoms. The lowest BCUT2D eigenvalue weighted by Crippen LogP contribution is -2.28. The van der Waals surface area contributed by atoms with Crippen molar-refractivity contribution in [1.82, 2.24) is 0 Å². The predicted octanol–water partition coefficient (Wildman–Crippen LogP) is 2.12. The first-order valence-corrected chi connectivity index (χ1v) is 6.43. The largest absolute Gasteiger partial charge is 0.496 e. The number of methoxy groups -OCH3 is 2. The molecule has 1 aliphatic rings. The van der Waals surface area contributed by atoms with Gasteiger partial charge in [0.25, 0.3) is 0 Å². The number of halogens is 1. The van der Waals surface area contributed by atoms with Crippen LogP contribution in [0, 0.1) is 3.57 Å². The van der Waals surface area contributed by atoms with Crippen molar-refractivity contribution >= 4 is 22.6 Å². The summed E-state index contributed by atoms with van der Waals surface area (Å²) in [5.41, 5.74) is 8.50. The maximum Gasteiger partial charge on any atom is 0.135 e. The summed E-state index contributed by atoms with van der Waals surface area (Å²) in [5, 5.41) is 0. The molecule has 0 bridgehead atoms. The van der Waals surface area contributed by atoms with Crippen LogP contribution >= 0.6 is 22.6 Å². The quantitative estimate of drug-likeness (QED) is 0.844. The first kappa shape index (κ1) is 12.0. The van der Waals surface area contributed by atoms with E-state index < -0.39 is 0 Å². The highest BCUT2D eigenvalue weighted by Gasteiger charge is 2.24. The topological polar surface area (TPSA) is 44.5 Å². The molecule has 0 fully saturated rings. The molecule has 16 heavy (non-hydrogen) atoms. The van der Waals surface area contributed by atoms with Gasteiger partial charge in [0.15, 0.2) is 0 Å². The zero-order chi connectivity index (χ0) is 11.7. The number of nitrogens with two attached hydrogens (primary N) is 1. The molecular weight excluding hydrogens is 317 g/mol. The van der Waals surface area contributed by atoms with Crippen LogP contribution < -0.4 is 15.2 Å². The monoisotopic (exact) mass is 333 g/mol. The molecule has 0 aromatic heterocycles. The van der Waals surface area contributed by atoms with Crippen LogP contribution in [0.4, 0.5) is 0 Å². The van der Waals surface area contributed by atoms with Crippen molar-refractivity contribution in [1.29, 1.82) is 0 Å². The summed E-state index contributed by atoms with van der Waals surface area (Å²) in [7, 11) is 3.43. The Bertz CT molecular complexity index is 406. The van der Waals surface area contributed by atoms with Gasteiger partial charge in [-0.15, -0.1) is 0 Å². The van der Waals surface area contributed by atoms with Gasteiger partial charge in [-0.1, -0.05) is 0 Å². The average molecular weight is 333 g/mol. The fourth-order valence-corrected chi connectivity index (χ4v) is 3.11. The number of ether oxygens (including phenoxy) is 2. The molecule has 2 rings (SSSR count). The fourth-order valence-electron chi connectivity index (χ4n) is 2.28. The van der Waals surface area contributed by atoms with Gasteiger partial charge in [-0.2, -0.15) is 0 Å². The molecule has 0 amide bonds. The molecule has 0 aliphatic heterocycles. The molecule has 4 heteroatoms. The molecule has 0 saturated carbocycles. The standard InChI is InChI=1S/C12H16INO2/c1-15-11-6-10(13)12(16-2)8-4-3-7(14)5-9(8)11/h6-7H,3-5,14H2,1-2H3. The second kappa shape index (κ2) is 4.79. The van der Waals surface area contributed by atoms with Gasteiger partial charge >= 0.3 is 0 Å². The van der Waals surface area contributed by atoms with Crippen LogP contribution in [0.25, 0.3) is 0 Å². The lowest BCUT2D eigenvalue weighted by atomic mass is 9.87. The number of fused-ring (bicyclic) bond motifs is 1. The lowest BCUT2D eigenvalue weighted by molar-refractivity contribution is 0.383. The van der Waals surface area contributed by atoms with Crippen molar-refractivity contribution in [2.45, 2.75) is 25.3 Å². The highest BCUT2D eigenvalue weighted by molar-refractivity contribution is 14.1. The minimum atomic E-state index is 0.242. The molecular formula is C12H16INO2. The Morgan fingerprint density at radius 3 is 2.69 bits per heavy atom. The third-order valence-corrected chi connectivity index (χ3v) is 3.87. The van der Waals surface area contributed by atoms with E-state index >= 15 is 0 Å². The highest BCUT2D eigenvalue weighted by atomic mass is 127. The maximum absolute atomic E-state index is 6.00. The second-order valence-corrected chi connectivity index (χ2v) is 5.22. The van der Waals surface area contributed by atoms with Crippen LogP contribution in [0.5, 0.6) is 11.5 Å². The van der Waals surface area contributed by atoms with Crippen LogP contribution in [-0.2, 0) is 12.8 Å². The zero-order valence-corrected chi connectivity index (χ0v) is 11.7. The van der Waals surface area contributed by atoms with Gasteiger partial charge in [0.2, 0.25) is 0 Å². The molecule has 3 nitrogen and oxygen atoms in total. The molecule has 1 aromatic rings. The van der Waals surface area contributed by atoms with Crippen molar-refractivity contribution in [2.24, 2.45) is 5.73 Å². The molecule has 88 valence electrons. The second-order valence-electron chi connectivity index (χ2n) is 4.05. The Balaban J connectivity index is 2.57. The molecule has 0 radical (unpaired) electrons. The number of rotatable bonds is 2. The van der Waals surface area contributed by atoms with E-state index in [0.29, 0.717) is 0 Å². The van der Waals surface area contributed by atoms with Gasteiger partial charge in [-0.3, -0.25) is 0 Å². The van der Waals surface area contributed by atoms with E-state index in [2.05, 4.69) is 22.6 Å². The third-order valence-electron chi connectivity index (χ3n) is 3.07. The first-order valence-electron chi connectivity index (χ1n) is 5.35.